The first-order valence-corrected chi connectivity index (χ1v) is 6.82. The van der Waals surface area contributed by atoms with E-state index in [1.807, 2.05) is 11.3 Å². The van der Waals surface area contributed by atoms with Gasteiger partial charge in [-0.05, 0) is 43.6 Å². The van der Waals surface area contributed by atoms with Gasteiger partial charge in [0.25, 0.3) is 0 Å². The van der Waals surface area contributed by atoms with Gasteiger partial charge in [-0.15, -0.1) is 11.3 Å². The Balaban J connectivity index is 2.04. The maximum Gasteiger partial charge on any atom is 0.00578 e. The fraction of sp³-hybridized carbons (Fsp3) is 0.692. The van der Waals surface area contributed by atoms with Gasteiger partial charge in [0.05, 0.1) is 0 Å². The smallest absolute Gasteiger partial charge is 0.00578 e. The summed E-state index contributed by atoms with van der Waals surface area (Å²) in [5.41, 5.74) is 0. The Kier molecular flexibility index (Phi) is 5.96. The molecule has 1 heterocycles. The first-order valence-electron chi connectivity index (χ1n) is 5.94. The predicted molar refractivity (Wildman–Crippen MR) is 69.6 cm³/mol. The summed E-state index contributed by atoms with van der Waals surface area (Å²) in [4.78, 5) is 1.48. The quantitative estimate of drug-likeness (QED) is 0.746. The Hall–Kier alpha value is -0.340. The highest BCUT2D eigenvalue weighted by Crippen LogP contribution is 2.09. The Labute approximate surface area is 97.9 Å². The van der Waals surface area contributed by atoms with Crippen molar-refractivity contribution in [2.24, 2.45) is 5.92 Å². The topological polar surface area (TPSA) is 12.0 Å². The zero-order valence-electron chi connectivity index (χ0n) is 10.1. The van der Waals surface area contributed by atoms with Gasteiger partial charge in [0.1, 0.15) is 0 Å². The Morgan fingerprint density at radius 3 is 2.67 bits per heavy atom. The van der Waals surface area contributed by atoms with Crippen LogP contribution in [0.25, 0.3) is 0 Å². The fourth-order valence-corrected chi connectivity index (χ4v) is 2.29. The molecule has 1 aromatic rings. The molecule has 1 rings (SSSR count). The number of thiophene rings is 1. The van der Waals surface area contributed by atoms with Crippen LogP contribution in [0, 0.1) is 5.92 Å². The lowest BCUT2D eigenvalue weighted by Gasteiger charge is -2.14. The third kappa shape index (κ3) is 5.95. The summed E-state index contributed by atoms with van der Waals surface area (Å²) in [5, 5.41) is 5.73. The molecule has 0 saturated heterocycles. The molecule has 0 aliphatic carbocycles. The highest BCUT2D eigenvalue weighted by Gasteiger charge is 2.02. The van der Waals surface area contributed by atoms with Crippen molar-refractivity contribution in [2.75, 3.05) is 6.54 Å². The van der Waals surface area contributed by atoms with Crippen molar-refractivity contribution in [1.29, 1.82) is 0 Å². The minimum absolute atomic E-state index is 0.660. The van der Waals surface area contributed by atoms with Crippen LogP contribution in [0.5, 0.6) is 0 Å². The molecule has 0 aliphatic heterocycles. The van der Waals surface area contributed by atoms with Crippen LogP contribution in [0.1, 0.15) is 38.5 Å². The van der Waals surface area contributed by atoms with Crippen molar-refractivity contribution in [3.05, 3.63) is 22.4 Å². The molecule has 0 unspecified atom stereocenters. The van der Waals surface area contributed by atoms with Crippen LogP contribution in [0.15, 0.2) is 17.5 Å². The number of hydrogen-bond donors (Lipinski definition) is 1. The lowest BCUT2D eigenvalue weighted by molar-refractivity contribution is 0.454. The molecule has 0 bridgehead atoms. The summed E-state index contributed by atoms with van der Waals surface area (Å²) in [6.45, 7) is 7.98. The van der Waals surface area contributed by atoms with Gasteiger partial charge in [0, 0.05) is 17.5 Å². The molecule has 1 atom stereocenters. The zero-order valence-corrected chi connectivity index (χ0v) is 10.9. The summed E-state index contributed by atoms with van der Waals surface area (Å²) in [5.74, 6) is 0.826. The van der Waals surface area contributed by atoms with Gasteiger partial charge in [-0.25, -0.2) is 0 Å². The molecule has 0 spiro atoms. The van der Waals surface area contributed by atoms with E-state index in [-0.39, 0.29) is 0 Å². The van der Waals surface area contributed by atoms with Crippen LogP contribution >= 0.6 is 11.3 Å². The van der Waals surface area contributed by atoms with Crippen LogP contribution in [0.2, 0.25) is 0 Å². The molecule has 86 valence electrons. The van der Waals surface area contributed by atoms with Gasteiger partial charge in [-0.2, -0.15) is 0 Å². The molecule has 0 radical (unpaired) electrons. The second kappa shape index (κ2) is 7.02. The first-order chi connectivity index (χ1) is 7.18. The van der Waals surface area contributed by atoms with Crippen LogP contribution in [0.3, 0.4) is 0 Å². The van der Waals surface area contributed by atoms with Gasteiger partial charge in [0.15, 0.2) is 0 Å². The van der Waals surface area contributed by atoms with Gasteiger partial charge < -0.3 is 5.32 Å². The maximum atomic E-state index is 3.58. The van der Waals surface area contributed by atoms with E-state index < -0.39 is 0 Å². The van der Waals surface area contributed by atoms with Gasteiger partial charge in [0.2, 0.25) is 0 Å². The molecule has 0 fully saturated rings. The van der Waals surface area contributed by atoms with Crippen molar-refractivity contribution in [2.45, 2.75) is 46.1 Å². The average molecular weight is 225 g/mol. The molecule has 0 aliphatic rings. The molecule has 15 heavy (non-hydrogen) atoms. The standard InChI is InChI=1S/C13H23NS/c1-11(2)6-7-12(3)14-9-8-13-5-4-10-15-13/h4-5,10-12,14H,6-9H2,1-3H3/t12-/m1/s1. The summed E-state index contributed by atoms with van der Waals surface area (Å²) in [6.07, 6.45) is 3.79. The van der Waals surface area contributed by atoms with Gasteiger partial charge >= 0.3 is 0 Å². The molecular weight excluding hydrogens is 202 g/mol. The molecular formula is C13H23NS. The normalized spacial score (nSPS) is 13.3. The van der Waals surface area contributed by atoms with E-state index in [1.165, 1.54) is 24.1 Å². The SMILES string of the molecule is CC(C)CC[C@@H](C)NCCc1cccs1. The first kappa shape index (κ1) is 12.7. The number of hydrogen-bond acceptors (Lipinski definition) is 2. The maximum absolute atomic E-state index is 3.58. The van der Waals surface area contributed by atoms with Gasteiger partial charge in [-0.3, -0.25) is 0 Å². The third-order valence-corrected chi connectivity index (χ3v) is 3.56. The van der Waals surface area contributed by atoms with Crippen LogP contribution in [0.4, 0.5) is 0 Å². The summed E-state index contributed by atoms with van der Waals surface area (Å²) in [7, 11) is 0. The number of nitrogens with one attached hydrogen (secondary N) is 1. The second-order valence-electron chi connectivity index (χ2n) is 4.66. The van der Waals surface area contributed by atoms with E-state index in [2.05, 4.69) is 43.6 Å². The Bertz CT molecular complexity index is 241. The highest BCUT2D eigenvalue weighted by molar-refractivity contribution is 7.09. The highest BCUT2D eigenvalue weighted by atomic mass is 32.1. The van der Waals surface area contributed by atoms with Crippen LogP contribution < -0.4 is 5.32 Å². The van der Waals surface area contributed by atoms with Crippen molar-refractivity contribution in [3.8, 4) is 0 Å². The third-order valence-electron chi connectivity index (χ3n) is 2.62. The van der Waals surface area contributed by atoms with Crippen molar-refractivity contribution in [1.82, 2.24) is 5.32 Å². The minimum Gasteiger partial charge on any atom is -0.314 e. The summed E-state index contributed by atoms with van der Waals surface area (Å²) in [6, 6.07) is 5.00. The van der Waals surface area contributed by atoms with E-state index >= 15 is 0 Å². The van der Waals surface area contributed by atoms with E-state index in [0.29, 0.717) is 6.04 Å². The predicted octanol–water partition coefficient (Wildman–Crippen LogP) is 3.70. The van der Waals surface area contributed by atoms with E-state index in [9.17, 15) is 0 Å². The van der Waals surface area contributed by atoms with Crippen molar-refractivity contribution in [3.63, 3.8) is 0 Å². The molecule has 0 amide bonds. The fourth-order valence-electron chi connectivity index (χ4n) is 1.58. The monoisotopic (exact) mass is 225 g/mol. The second-order valence-corrected chi connectivity index (χ2v) is 5.69. The Morgan fingerprint density at radius 2 is 2.07 bits per heavy atom. The minimum atomic E-state index is 0.660. The van der Waals surface area contributed by atoms with E-state index in [1.54, 1.807) is 0 Å². The molecule has 0 saturated carbocycles. The van der Waals surface area contributed by atoms with Crippen LogP contribution in [-0.2, 0) is 6.42 Å². The average Bonchev–Trinajstić information content (AvgIpc) is 2.67. The van der Waals surface area contributed by atoms with E-state index in [4.69, 9.17) is 0 Å². The molecule has 1 N–H and O–H groups in total. The van der Waals surface area contributed by atoms with Crippen molar-refractivity contribution < 1.29 is 0 Å². The zero-order chi connectivity index (χ0) is 11.1. The lowest BCUT2D eigenvalue weighted by atomic mass is 10.0. The summed E-state index contributed by atoms with van der Waals surface area (Å²) < 4.78 is 0. The Morgan fingerprint density at radius 1 is 1.27 bits per heavy atom. The molecule has 2 heteroatoms. The van der Waals surface area contributed by atoms with Gasteiger partial charge in [-0.1, -0.05) is 19.9 Å². The largest absolute Gasteiger partial charge is 0.314 e. The van der Waals surface area contributed by atoms with E-state index in [0.717, 1.165) is 12.5 Å². The molecule has 1 nitrogen and oxygen atoms in total. The van der Waals surface area contributed by atoms with Crippen LogP contribution in [-0.4, -0.2) is 12.6 Å². The molecule has 0 aromatic carbocycles. The van der Waals surface area contributed by atoms with Crippen molar-refractivity contribution >= 4 is 11.3 Å². The molecule has 1 aromatic heterocycles. The summed E-state index contributed by atoms with van der Waals surface area (Å²) >= 11 is 1.85. The lowest BCUT2D eigenvalue weighted by Crippen LogP contribution is -2.28. The number of rotatable bonds is 7.